The van der Waals surface area contributed by atoms with E-state index in [1.165, 1.54) is 0 Å². The maximum Gasteiger partial charge on any atom is 0.257 e. The van der Waals surface area contributed by atoms with Crippen molar-refractivity contribution in [3.8, 4) is 22.8 Å². The Morgan fingerprint density at radius 3 is 2.38 bits per heavy atom. The highest BCUT2D eigenvalue weighted by atomic mass is 16.5. The van der Waals surface area contributed by atoms with E-state index in [4.69, 9.17) is 13.9 Å². The molecule has 0 bridgehead atoms. The first kappa shape index (κ1) is 23.1. The number of carbonyl (C=O) groups is 1. The van der Waals surface area contributed by atoms with E-state index in [-0.39, 0.29) is 11.3 Å². The van der Waals surface area contributed by atoms with Gasteiger partial charge in [0, 0.05) is 24.7 Å². The Kier molecular flexibility index (Phi) is 6.68. The van der Waals surface area contributed by atoms with Gasteiger partial charge < -0.3 is 18.8 Å². The van der Waals surface area contributed by atoms with Gasteiger partial charge in [-0.15, -0.1) is 0 Å². The molecular weight excluding hydrogens is 430 g/mol. The number of nitrogens with zero attached hydrogens (tertiary/aromatic N) is 1. The third-order valence-electron chi connectivity index (χ3n) is 5.94. The van der Waals surface area contributed by atoms with Crippen molar-refractivity contribution in [1.82, 2.24) is 4.90 Å². The summed E-state index contributed by atoms with van der Waals surface area (Å²) in [5.41, 5.74) is 2.86. The minimum Gasteiger partial charge on any atom is -0.493 e. The SMILES string of the molecule is COc1ccc(CCN(C)C(=O)c2cccc3c(=O)c(C)c(-c4ccccc4)oc23)cc1OC. The number of hydrogen-bond acceptors (Lipinski definition) is 5. The summed E-state index contributed by atoms with van der Waals surface area (Å²) in [6, 6.07) is 20.3. The lowest BCUT2D eigenvalue weighted by Crippen LogP contribution is -2.29. The number of carbonyl (C=O) groups excluding carboxylic acids is 1. The molecule has 0 saturated heterocycles. The first-order chi connectivity index (χ1) is 16.4. The Balaban J connectivity index is 1.64. The van der Waals surface area contributed by atoms with Crippen LogP contribution in [0.5, 0.6) is 11.5 Å². The summed E-state index contributed by atoms with van der Waals surface area (Å²) < 4.78 is 16.9. The Hall–Kier alpha value is -4.06. The summed E-state index contributed by atoms with van der Waals surface area (Å²) in [4.78, 5) is 28.1. The quantitative estimate of drug-likeness (QED) is 0.386. The number of rotatable bonds is 7. The van der Waals surface area contributed by atoms with E-state index < -0.39 is 0 Å². The predicted octanol–water partition coefficient (Wildman–Crippen LogP) is 5.10. The molecule has 6 nitrogen and oxygen atoms in total. The van der Waals surface area contributed by atoms with Crippen molar-refractivity contribution in [2.24, 2.45) is 0 Å². The van der Waals surface area contributed by atoms with Gasteiger partial charge in [-0.3, -0.25) is 9.59 Å². The summed E-state index contributed by atoms with van der Waals surface area (Å²) >= 11 is 0. The summed E-state index contributed by atoms with van der Waals surface area (Å²) in [5.74, 6) is 1.57. The number of benzene rings is 3. The van der Waals surface area contributed by atoms with Crippen LogP contribution in [0, 0.1) is 6.92 Å². The van der Waals surface area contributed by atoms with Crippen LogP contribution in [0.3, 0.4) is 0 Å². The van der Waals surface area contributed by atoms with Gasteiger partial charge in [0.1, 0.15) is 5.76 Å². The fourth-order valence-electron chi connectivity index (χ4n) is 3.98. The zero-order chi connectivity index (χ0) is 24.2. The number of ether oxygens (including phenoxy) is 2. The molecule has 0 aliphatic heterocycles. The lowest BCUT2D eigenvalue weighted by atomic mass is 10.0. The van der Waals surface area contributed by atoms with Gasteiger partial charge in [-0.25, -0.2) is 0 Å². The molecule has 3 aromatic carbocycles. The van der Waals surface area contributed by atoms with Crippen LogP contribution in [-0.4, -0.2) is 38.6 Å². The van der Waals surface area contributed by atoms with Crippen molar-refractivity contribution in [3.63, 3.8) is 0 Å². The molecule has 1 aromatic heterocycles. The van der Waals surface area contributed by atoms with Crippen LogP contribution in [0.15, 0.2) is 75.9 Å². The zero-order valence-corrected chi connectivity index (χ0v) is 19.8. The molecule has 0 saturated carbocycles. The molecule has 0 N–H and O–H groups in total. The van der Waals surface area contributed by atoms with Crippen LogP contribution in [0.1, 0.15) is 21.5 Å². The minimum atomic E-state index is -0.211. The molecule has 0 atom stereocenters. The summed E-state index contributed by atoms with van der Waals surface area (Å²) in [7, 11) is 4.93. The highest BCUT2D eigenvalue weighted by Gasteiger charge is 2.20. The molecule has 0 aliphatic carbocycles. The number of para-hydroxylation sites is 1. The second kappa shape index (κ2) is 9.83. The average Bonchev–Trinajstić information content (AvgIpc) is 2.88. The van der Waals surface area contributed by atoms with E-state index >= 15 is 0 Å². The average molecular weight is 458 g/mol. The van der Waals surface area contributed by atoms with Crippen molar-refractivity contribution < 1.29 is 18.7 Å². The monoisotopic (exact) mass is 457 g/mol. The van der Waals surface area contributed by atoms with Crippen LogP contribution in [0.2, 0.25) is 0 Å². The molecule has 0 aliphatic rings. The van der Waals surface area contributed by atoms with Gasteiger partial charge in [-0.1, -0.05) is 42.5 Å². The summed E-state index contributed by atoms with van der Waals surface area (Å²) in [6.07, 6.45) is 0.631. The molecule has 6 heteroatoms. The molecule has 1 amide bonds. The maximum atomic E-state index is 13.4. The van der Waals surface area contributed by atoms with Crippen LogP contribution in [-0.2, 0) is 6.42 Å². The zero-order valence-electron chi connectivity index (χ0n) is 19.8. The topological polar surface area (TPSA) is 69.0 Å². The van der Waals surface area contributed by atoms with E-state index in [1.54, 1.807) is 51.3 Å². The molecule has 4 aromatic rings. The molecule has 0 spiro atoms. The van der Waals surface area contributed by atoms with Crippen molar-refractivity contribution in [2.45, 2.75) is 13.3 Å². The maximum absolute atomic E-state index is 13.4. The minimum absolute atomic E-state index is 0.136. The largest absolute Gasteiger partial charge is 0.493 e. The van der Waals surface area contributed by atoms with Crippen molar-refractivity contribution in [1.29, 1.82) is 0 Å². The van der Waals surface area contributed by atoms with E-state index in [1.807, 2.05) is 48.5 Å². The van der Waals surface area contributed by atoms with Gasteiger partial charge in [0.25, 0.3) is 5.91 Å². The predicted molar refractivity (Wildman–Crippen MR) is 133 cm³/mol. The van der Waals surface area contributed by atoms with Crippen LogP contribution in [0.25, 0.3) is 22.3 Å². The van der Waals surface area contributed by atoms with Crippen molar-refractivity contribution in [3.05, 3.63) is 93.6 Å². The first-order valence-corrected chi connectivity index (χ1v) is 11.0. The van der Waals surface area contributed by atoms with Gasteiger partial charge in [-0.2, -0.15) is 0 Å². The molecule has 0 unspecified atom stereocenters. The third kappa shape index (κ3) is 4.39. The molecule has 4 rings (SSSR count). The molecular formula is C28H27NO5. The van der Waals surface area contributed by atoms with Gasteiger partial charge >= 0.3 is 0 Å². The molecule has 34 heavy (non-hydrogen) atoms. The Bertz CT molecular complexity index is 1390. The first-order valence-electron chi connectivity index (χ1n) is 11.0. The van der Waals surface area contributed by atoms with E-state index in [9.17, 15) is 9.59 Å². The standard InChI is InChI=1S/C28H27NO5/c1-18-25(30)21-11-8-12-22(27(21)34-26(18)20-9-6-5-7-10-20)28(31)29(2)16-15-19-13-14-23(32-3)24(17-19)33-4/h5-14,17H,15-16H2,1-4H3. The van der Waals surface area contributed by atoms with Gasteiger partial charge in [0.15, 0.2) is 22.5 Å². The molecule has 0 radical (unpaired) electrons. The van der Waals surface area contributed by atoms with Gasteiger partial charge in [0.05, 0.1) is 25.2 Å². The summed E-state index contributed by atoms with van der Waals surface area (Å²) in [6.45, 7) is 2.23. The Morgan fingerprint density at radius 1 is 0.941 bits per heavy atom. The van der Waals surface area contributed by atoms with Gasteiger partial charge in [0.2, 0.25) is 0 Å². The summed E-state index contributed by atoms with van der Waals surface area (Å²) in [5, 5.41) is 0.399. The van der Waals surface area contributed by atoms with Gasteiger partial charge in [-0.05, 0) is 43.2 Å². The second-order valence-corrected chi connectivity index (χ2v) is 8.10. The van der Waals surface area contributed by atoms with E-state index in [0.29, 0.717) is 52.3 Å². The van der Waals surface area contributed by atoms with Crippen LogP contribution in [0.4, 0.5) is 0 Å². The molecule has 174 valence electrons. The Morgan fingerprint density at radius 2 is 1.68 bits per heavy atom. The second-order valence-electron chi connectivity index (χ2n) is 8.10. The lowest BCUT2D eigenvalue weighted by Gasteiger charge is -2.19. The third-order valence-corrected chi connectivity index (χ3v) is 5.94. The van der Waals surface area contributed by atoms with Crippen molar-refractivity contribution >= 4 is 16.9 Å². The van der Waals surface area contributed by atoms with Crippen LogP contribution < -0.4 is 14.9 Å². The number of fused-ring (bicyclic) bond motifs is 1. The normalized spacial score (nSPS) is 10.8. The van der Waals surface area contributed by atoms with E-state index in [0.717, 1.165) is 11.1 Å². The molecule has 0 fully saturated rings. The highest BCUT2D eigenvalue weighted by Crippen LogP contribution is 2.29. The highest BCUT2D eigenvalue weighted by molar-refractivity contribution is 6.05. The molecule has 1 heterocycles. The Labute approximate surface area is 198 Å². The smallest absolute Gasteiger partial charge is 0.257 e. The number of amides is 1. The fourth-order valence-corrected chi connectivity index (χ4v) is 3.98. The van der Waals surface area contributed by atoms with E-state index in [2.05, 4.69) is 0 Å². The number of methoxy groups -OCH3 is 2. The lowest BCUT2D eigenvalue weighted by molar-refractivity contribution is 0.0797. The number of hydrogen-bond donors (Lipinski definition) is 0. The van der Waals surface area contributed by atoms with Crippen molar-refractivity contribution in [2.75, 3.05) is 27.8 Å². The fraction of sp³-hybridized carbons (Fsp3) is 0.214. The van der Waals surface area contributed by atoms with Crippen LogP contribution >= 0.6 is 0 Å². The number of likely N-dealkylation sites (N-methyl/N-ethyl adjacent to an activating group) is 1.